The molecular weight excluding hydrogens is 580 g/mol. The summed E-state index contributed by atoms with van der Waals surface area (Å²) in [6.07, 6.45) is -2.37. The summed E-state index contributed by atoms with van der Waals surface area (Å²) in [5.74, 6) is 0.552. The fourth-order valence-electron chi connectivity index (χ4n) is 5.15. The number of piperidine rings is 1. The zero-order valence-corrected chi connectivity index (χ0v) is 24.2. The highest BCUT2D eigenvalue weighted by molar-refractivity contribution is 5.92. The number of hydrogen-bond acceptors (Lipinski definition) is 8. The SMILES string of the molecule is COc1cc2ccc1CNC(=O)CCc1ccc(OC)c(c1)OCC(=O)N[C@@H]1CN(C(=O)c3cc(C(F)F)[nH]n3)CC[C@@H]1O2. The van der Waals surface area contributed by atoms with Crippen molar-refractivity contribution < 1.29 is 42.1 Å². The molecule has 14 heteroatoms. The number of nitrogens with zero attached hydrogens (tertiary/aromatic N) is 2. The Morgan fingerprint density at radius 3 is 2.61 bits per heavy atom. The molecule has 0 spiro atoms. The van der Waals surface area contributed by atoms with Crippen molar-refractivity contribution in [3.63, 3.8) is 0 Å². The van der Waals surface area contributed by atoms with Crippen molar-refractivity contribution in [3.05, 3.63) is 65.0 Å². The first kappa shape index (κ1) is 30.6. The Morgan fingerprint density at radius 2 is 1.86 bits per heavy atom. The average Bonchev–Trinajstić information content (AvgIpc) is 3.53. The van der Waals surface area contributed by atoms with Gasteiger partial charge in [-0.05, 0) is 42.3 Å². The van der Waals surface area contributed by atoms with Crippen LogP contribution in [0.4, 0.5) is 8.78 Å². The third-order valence-electron chi connectivity index (χ3n) is 7.48. The lowest BCUT2D eigenvalue weighted by Crippen LogP contribution is -2.58. The van der Waals surface area contributed by atoms with Gasteiger partial charge < -0.3 is 34.5 Å². The second-order valence-electron chi connectivity index (χ2n) is 10.4. The number of nitrogens with one attached hydrogen (secondary N) is 3. The van der Waals surface area contributed by atoms with E-state index in [1.165, 1.54) is 19.1 Å². The molecule has 0 aliphatic carbocycles. The van der Waals surface area contributed by atoms with Crippen LogP contribution in [-0.4, -0.2) is 78.9 Å². The summed E-state index contributed by atoms with van der Waals surface area (Å²) in [5.41, 5.74) is 0.961. The Kier molecular flexibility index (Phi) is 9.46. The number of ether oxygens (including phenoxy) is 4. The lowest BCUT2D eigenvalue weighted by molar-refractivity contribution is -0.125. The van der Waals surface area contributed by atoms with Crippen LogP contribution in [0.15, 0.2) is 42.5 Å². The lowest BCUT2D eigenvalue weighted by Gasteiger charge is -2.38. The summed E-state index contributed by atoms with van der Waals surface area (Å²) >= 11 is 0. The Hall–Kier alpha value is -4.88. The third-order valence-corrected chi connectivity index (χ3v) is 7.48. The maximum Gasteiger partial charge on any atom is 0.279 e. The standard InChI is InChI=1S/C30H33F2N5O7/c1-41-24-7-3-17-4-8-27(38)33-14-18-5-6-19(12-25(18)42-2)44-23-9-10-37(30(40)21-13-20(29(31)32)35-36-21)15-22(23)34-28(39)16-43-26(24)11-17/h3,5-7,11-13,22-23,29H,4,8-10,14-16H2,1-2H3,(H,33,38)(H,34,39)(H,35,36)/t22-,23+/m1/s1. The number of halogens is 2. The normalized spacial score (nSPS) is 19.3. The number of likely N-dealkylation sites (tertiary alicyclic amines) is 1. The predicted molar refractivity (Wildman–Crippen MR) is 152 cm³/mol. The molecule has 0 saturated carbocycles. The molecule has 6 rings (SSSR count). The molecule has 12 nitrogen and oxygen atoms in total. The van der Waals surface area contributed by atoms with Crippen LogP contribution in [-0.2, 0) is 22.6 Å². The molecule has 44 heavy (non-hydrogen) atoms. The van der Waals surface area contributed by atoms with E-state index in [2.05, 4.69) is 20.8 Å². The molecule has 0 unspecified atom stereocenters. The van der Waals surface area contributed by atoms with E-state index >= 15 is 0 Å². The van der Waals surface area contributed by atoms with Crippen LogP contribution in [0.5, 0.6) is 23.0 Å². The largest absolute Gasteiger partial charge is 0.496 e. The molecule has 3 aliphatic rings. The average molecular weight is 614 g/mol. The number of aromatic nitrogens is 2. The predicted octanol–water partition coefficient (Wildman–Crippen LogP) is 2.78. The monoisotopic (exact) mass is 613 g/mol. The van der Waals surface area contributed by atoms with Gasteiger partial charge in [-0.25, -0.2) is 8.78 Å². The number of carbonyl (C=O) groups excluding carboxylic acids is 3. The van der Waals surface area contributed by atoms with E-state index in [0.29, 0.717) is 35.8 Å². The zero-order valence-electron chi connectivity index (χ0n) is 24.2. The van der Waals surface area contributed by atoms with E-state index in [-0.39, 0.29) is 44.3 Å². The minimum atomic E-state index is -2.80. The van der Waals surface area contributed by atoms with E-state index < -0.39 is 36.1 Å². The molecule has 3 N–H and O–H groups in total. The van der Waals surface area contributed by atoms with Crippen LogP contribution in [0.1, 0.15) is 46.6 Å². The molecule has 4 heterocycles. The maximum absolute atomic E-state index is 13.2. The van der Waals surface area contributed by atoms with E-state index in [1.54, 1.807) is 30.3 Å². The summed E-state index contributed by atoms with van der Waals surface area (Å²) in [4.78, 5) is 40.3. The minimum absolute atomic E-state index is 0.0339. The van der Waals surface area contributed by atoms with Gasteiger partial charge >= 0.3 is 0 Å². The van der Waals surface area contributed by atoms with Gasteiger partial charge in [-0.2, -0.15) is 5.10 Å². The molecule has 1 saturated heterocycles. The number of fused-ring (bicyclic) bond motifs is 9. The van der Waals surface area contributed by atoms with Gasteiger partial charge in [0.15, 0.2) is 23.8 Å². The summed E-state index contributed by atoms with van der Waals surface area (Å²) in [5, 5.41) is 11.7. The molecule has 4 bridgehead atoms. The van der Waals surface area contributed by atoms with Crippen molar-refractivity contribution >= 4 is 17.7 Å². The van der Waals surface area contributed by atoms with E-state index in [4.69, 9.17) is 18.9 Å². The Morgan fingerprint density at radius 1 is 1.05 bits per heavy atom. The van der Waals surface area contributed by atoms with Crippen molar-refractivity contribution in [2.75, 3.05) is 33.9 Å². The van der Waals surface area contributed by atoms with E-state index in [9.17, 15) is 23.2 Å². The first-order chi connectivity index (χ1) is 21.2. The molecule has 1 aromatic heterocycles. The van der Waals surface area contributed by atoms with Gasteiger partial charge in [0.05, 0.1) is 20.3 Å². The molecule has 1 fully saturated rings. The third kappa shape index (κ3) is 7.18. The number of rotatable bonds is 4. The maximum atomic E-state index is 13.2. The van der Waals surface area contributed by atoms with Gasteiger partial charge in [-0.15, -0.1) is 0 Å². The van der Waals surface area contributed by atoms with Crippen molar-refractivity contribution in [1.82, 2.24) is 25.7 Å². The quantitative estimate of drug-likeness (QED) is 0.408. The summed E-state index contributed by atoms with van der Waals surface area (Å²) in [7, 11) is 3.00. The van der Waals surface area contributed by atoms with Gasteiger partial charge in [-0.1, -0.05) is 6.07 Å². The van der Waals surface area contributed by atoms with Crippen LogP contribution in [0.3, 0.4) is 0 Å². The number of methoxy groups -OCH3 is 2. The molecular formula is C30H33F2N5O7. The Bertz CT molecular complexity index is 1510. The molecule has 2 atom stereocenters. The highest BCUT2D eigenvalue weighted by Crippen LogP contribution is 2.30. The minimum Gasteiger partial charge on any atom is -0.496 e. The van der Waals surface area contributed by atoms with Crippen molar-refractivity contribution in [1.29, 1.82) is 0 Å². The van der Waals surface area contributed by atoms with Crippen LogP contribution in [0, 0.1) is 0 Å². The zero-order chi connectivity index (χ0) is 31.2. The number of H-pyrrole nitrogens is 1. The van der Waals surface area contributed by atoms with Gasteiger partial charge in [0, 0.05) is 44.1 Å². The Labute approximate surface area is 252 Å². The van der Waals surface area contributed by atoms with Crippen LogP contribution < -0.4 is 29.6 Å². The van der Waals surface area contributed by atoms with Crippen LogP contribution >= 0.6 is 0 Å². The van der Waals surface area contributed by atoms with Gasteiger partial charge in [-0.3, -0.25) is 19.5 Å². The number of amides is 3. The molecule has 3 aromatic rings. The van der Waals surface area contributed by atoms with E-state index in [0.717, 1.165) is 17.2 Å². The smallest absolute Gasteiger partial charge is 0.279 e. The van der Waals surface area contributed by atoms with Crippen molar-refractivity contribution in [3.8, 4) is 23.0 Å². The summed E-state index contributed by atoms with van der Waals surface area (Å²) in [6, 6.07) is 10.8. The van der Waals surface area contributed by atoms with Crippen LogP contribution in [0.2, 0.25) is 0 Å². The summed E-state index contributed by atoms with van der Waals surface area (Å²) < 4.78 is 49.2. The topological polar surface area (TPSA) is 144 Å². The molecule has 0 radical (unpaired) electrons. The number of aryl methyl sites for hydroxylation is 1. The van der Waals surface area contributed by atoms with Crippen LogP contribution in [0.25, 0.3) is 0 Å². The Balaban J connectivity index is 1.41. The fraction of sp³-hybridized carbons (Fsp3) is 0.400. The molecule has 3 amide bonds. The van der Waals surface area contributed by atoms with Gasteiger partial charge in [0.1, 0.15) is 23.3 Å². The van der Waals surface area contributed by atoms with Crippen molar-refractivity contribution in [2.24, 2.45) is 0 Å². The number of benzene rings is 2. The first-order valence-corrected chi connectivity index (χ1v) is 14.1. The number of alkyl halides is 2. The number of aromatic amines is 1. The lowest BCUT2D eigenvalue weighted by atomic mass is 10.0. The van der Waals surface area contributed by atoms with Gasteiger partial charge in [0.2, 0.25) is 5.91 Å². The summed E-state index contributed by atoms with van der Waals surface area (Å²) in [6.45, 7) is 0.149. The van der Waals surface area contributed by atoms with E-state index in [1.807, 2.05) is 6.07 Å². The number of hydrogen-bond donors (Lipinski definition) is 3. The van der Waals surface area contributed by atoms with Gasteiger partial charge in [0.25, 0.3) is 18.2 Å². The number of carbonyl (C=O) groups is 3. The molecule has 3 aliphatic heterocycles. The second kappa shape index (κ2) is 13.6. The molecule has 2 aromatic carbocycles. The first-order valence-electron chi connectivity index (χ1n) is 14.1. The fourth-order valence-corrected chi connectivity index (χ4v) is 5.15. The van der Waals surface area contributed by atoms with Crippen molar-refractivity contribution in [2.45, 2.75) is 44.4 Å². The highest BCUT2D eigenvalue weighted by atomic mass is 19.3. The molecule has 234 valence electrons. The second-order valence-corrected chi connectivity index (χ2v) is 10.4. The highest BCUT2D eigenvalue weighted by Gasteiger charge is 2.35.